The highest BCUT2D eigenvalue weighted by Gasteiger charge is 2.26. The quantitative estimate of drug-likeness (QED) is 0.555. The summed E-state index contributed by atoms with van der Waals surface area (Å²) in [5.74, 6) is -0.262. The number of ether oxygens (including phenoxy) is 2. The molecule has 0 bridgehead atoms. The van der Waals surface area contributed by atoms with Crippen LogP contribution in [0, 0.1) is 0 Å². The van der Waals surface area contributed by atoms with Gasteiger partial charge in [-0.2, -0.15) is 0 Å². The molecule has 0 saturated carbocycles. The first-order valence-corrected chi connectivity index (χ1v) is 8.92. The third-order valence-corrected chi connectivity index (χ3v) is 4.31. The van der Waals surface area contributed by atoms with Crippen molar-refractivity contribution in [1.29, 1.82) is 0 Å². The first-order valence-electron chi connectivity index (χ1n) is 8.92. The van der Waals surface area contributed by atoms with Gasteiger partial charge in [-0.3, -0.25) is 9.59 Å². The minimum absolute atomic E-state index is 0.0132. The van der Waals surface area contributed by atoms with Crippen molar-refractivity contribution < 1.29 is 23.9 Å². The zero-order valence-electron chi connectivity index (χ0n) is 15.1. The Balaban J connectivity index is 1.66. The lowest BCUT2D eigenvalue weighted by atomic mass is 10.1. The van der Waals surface area contributed by atoms with Gasteiger partial charge in [-0.25, -0.2) is 4.79 Å². The van der Waals surface area contributed by atoms with E-state index in [4.69, 9.17) is 9.47 Å². The van der Waals surface area contributed by atoms with Gasteiger partial charge in [0.15, 0.2) is 12.4 Å². The molecule has 1 heterocycles. The van der Waals surface area contributed by atoms with E-state index in [-0.39, 0.29) is 23.9 Å². The predicted octanol–water partition coefficient (Wildman–Crippen LogP) is 3.25. The average Bonchev–Trinajstić information content (AvgIpc) is 3.12. The highest BCUT2D eigenvalue weighted by Crippen LogP contribution is 2.26. The highest BCUT2D eigenvalue weighted by atomic mass is 16.5. The molecule has 0 aromatic heterocycles. The number of esters is 1. The molecule has 1 saturated heterocycles. The summed E-state index contributed by atoms with van der Waals surface area (Å²) in [5, 5.41) is 0. The minimum atomic E-state index is -0.621. The fourth-order valence-corrected chi connectivity index (χ4v) is 2.98. The van der Waals surface area contributed by atoms with Crippen LogP contribution in [-0.2, 0) is 9.53 Å². The highest BCUT2D eigenvalue weighted by molar-refractivity contribution is 6.04. The summed E-state index contributed by atoms with van der Waals surface area (Å²) in [6.45, 7) is 2.64. The molecule has 0 aliphatic carbocycles. The fourth-order valence-electron chi connectivity index (χ4n) is 2.98. The first kappa shape index (κ1) is 18.6. The number of hydrogen-bond donors (Lipinski definition) is 0. The molecule has 3 rings (SSSR count). The Kier molecular flexibility index (Phi) is 5.86. The van der Waals surface area contributed by atoms with E-state index < -0.39 is 5.97 Å². The van der Waals surface area contributed by atoms with E-state index in [9.17, 15) is 14.4 Å². The molecule has 0 spiro atoms. The van der Waals surface area contributed by atoms with Crippen LogP contribution < -0.4 is 9.64 Å². The van der Waals surface area contributed by atoms with E-state index >= 15 is 0 Å². The number of nitrogens with zero attached hydrogens (tertiary/aromatic N) is 1. The van der Waals surface area contributed by atoms with Gasteiger partial charge in [0.05, 0.1) is 17.9 Å². The SMILES string of the molecule is CCOc1ccc(C(=O)COC(=O)c2ccccc2N2CCCC2=O)cc1. The van der Waals surface area contributed by atoms with Crippen molar-refractivity contribution in [1.82, 2.24) is 0 Å². The van der Waals surface area contributed by atoms with Crippen LogP contribution >= 0.6 is 0 Å². The van der Waals surface area contributed by atoms with Crippen molar-refractivity contribution in [2.24, 2.45) is 0 Å². The third kappa shape index (κ3) is 4.34. The van der Waals surface area contributed by atoms with E-state index in [0.717, 1.165) is 6.42 Å². The molecule has 6 heteroatoms. The zero-order valence-corrected chi connectivity index (χ0v) is 15.1. The Morgan fingerprint density at radius 2 is 1.81 bits per heavy atom. The Morgan fingerprint density at radius 3 is 2.48 bits per heavy atom. The van der Waals surface area contributed by atoms with Gasteiger partial charge >= 0.3 is 5.97 Å². The minimum Gasteiger partial charge on any atom is -0.494 e. The maximum absolute atomic E-state index is 12.5. The number of carbonyl (C=O) groups is 3. The number of anilines is 1. The molecule has 140 valence electrons. The molecular formula is C21H21NO5. The van der Waals surface area contributed by atoms with Gasteiger partial charge in [0, 0.05) is 18.5 Å². The second kappa shape index (κ2) is 8.49. The topological polar surface area (TPSA) is 72.9 Å². The molecule has 1 fully saturated rings. The second-order valence-corrected chi connectivity index (χ2v) is 6.12. The molecule has 2 aromatic carbocycles. The van der Waals surface area contributed by atoms with Gasteiger partial charge in [0.2, 0.25) is 5.91 Å². The lowest BCUT2D eigenvalue weighted by molar-refractivity contribution is -0.117. The molecule has 1 aliphatic heterocycles. The van der Waals surface area contributed by atoms with Gasteiger partial charge in [-0.05, 0) is 49.7 Å². The largest absolute Gasteiger partial charge is 0.494 e. The van der Waals surface area contributed by atoms with Crippen molar-refractivity contribution in [2.45, 2.75) is 19.8 Å². The lowest BCUT2D eigenvalue weighted by Gasteiger charge is -2.18. The van der Waals surface area contributed by atoms with E-state index in [1.165, 1.54) is 0 Å². The summed E-state index contributed by atoms with van der Waals surface area (Å²) in [7, 11) is 0. The first-order chi connectivity index (χ1) is 13.1. The summed E-state index contributed by atoms with van der Waals surface area (Å²) in [4.78, 5) is 38.3. The molecule has 0 unspecified atom stereocenters. The number of rotatable bonds is 7. The number of Topliss-reactive ketones (excluding diaryl/α,β-unsaturated/α-hetero) is 1. The van der Waals surface area contributed by atoms with Crippen LogP contribution in [0.5, 0.6) is 5.75 Å². The number of benzene rings is 2. The maximum Gasteiger partial charge on any atom is 0.340 e. The molecule has 0 atom stereocenters. The molecule has 27 heavy (non-hydrogen) atoms. The average molecular weight is 367 g/mol. The number of carbonyl (C=O) groups excluding carboxylic acids is 3. The second-order valence-electron chi connectivity index (χ2n) is 6.12. The summed E-state index contributed by atoms with van der Waals surface area (Å²) in [6, 6.07) is 13.5. The molecular weight excluding hydrogens is 346 g/mol. The van der Waals surface area contributed by atoms with Crippen LogP contribution in [0.25, 0.3) is 0 Å². The van der Waals surface area contributed by atoms with Gasteiger partial charge in [0.1, 0.15) is 5.75 Å². The number of para-hydroxylation sites is 1. The van der Waals surface area contributed by atoms with Crippen LogP contribution in [0.1, 0.15) is 40.5 Å². The Labute approximate surface area is 157 Å². The Bertz CT molecular complexity index is 844. The van der Waals surface area contributed by atoms with Gasteiger partial charge in [0.25, 0.3) is 0 Å². The van der Waals surface area contributed by atoms with Crippen molar-refractivity contribution >= 4 is 23.3 Å². The van der Waals surface area contributed by atoms with Crippen LogP contribution in [0.15, 0.2) is 48.5 Å². The van der Waals surface area contributed by atoms with Gasteiger partial charge in [-0.15, -0.1) is 0 Å². The van der Waals surface area contributed by atoms with Crippen LogP contribution in [-0.4, -0.2) is 37.4 Å². The van der Waals surface area contributed by atoms with Crippen LogP contribution in [0.3, 0.4) is 0 Å². The van der Waals surface area contributed by atoms with Crippen LogP contribution in [0.4, 0.5) is 5.69 Å². The van der Waals surface area contributed by atoms with Crippen molar-refractivity contribution in [3.63, 3.8) is 0 Å². The predicted molar refractivity (Wildman–Crippen MR) is 100 cm³/mol. The molecule has 0 radical (unpaired) electrons. The fraction of sp³-hybridized carbons (Fsp3) is 0.286. The van der Waals surface area contributed by atoms with Gasteiger partial charge < -0.3 is 14.4 Å². The summed E-state index contributed by atoms with van der Waals surface area (Å²) < 4.78 is 10.5. The summed E-state index contributed by atoms with van der Waals surface area (Å²) in [5.41, 5.74) is 1.25. The zero-order chi connectivity index (χ0) is 19.2. The molecule has 1 amide bonds. The number of ketones is 1. The molecule has 6 nitrogen and oxygen atoms in total. The van der Waals surface area contributed by atoms with Crippen molar-refractivity contribution in [2.75, 3.05) is 24.7 Å². The Hall–Kier alpha value is -3.15. The summed E-state index contributed by atoms with van der Waals surface area (Å²) in [6.07, 6.45) is 1.23. The number of amides is 1. The Morgan fingerprint density at radius 1 is 1.07 bits per heavy atom. The van der Waals surface area contributed by atoms with Crippen LogP contribution in [0.2, 0.25) is 0 Å². The van der Waals surface area contributed by atoms with E-state index in [0.29, 0.717) is 36.6 Å². The molecule has 0 N–H and O–H groups in total. The molecule has 2 aromatic rings. The smallest absolute Gasteiger partial charge is 0.340 e. The maximum atomic E-state index is 12.5. The van der Waals surface area contributed by atoms with Crippen molar-refractivity contribution in [3.05, 3.63) is 59.7 Å². The van der Waals surface area contributed by atoms with E-state index in [2.05, 4.69) is 0 Å². The van der Waals surface area contributed by atoms with Crippen molar-refractivity contribution in [3.8, 4) is 5.75 Å². The normalized spacial score (nSPS) is 13.5. The molecule has 1 aliphatic rings. The van der Waals surface area contributed by atoms with E-state index in [1.807, 2.05) is 6.92 Å². The monoisotopic (exact) mass is 367 g/mol. The summed E-state index contributed by atoms with van der Waals surface area (Å²) >= 11 is 0. The van der Waals surface area contributed by atoms with Gasteiger partial charge in [-0.1, -0.05) is 12.1 Å². The standard InChI is InChI=1S/C21H21NO5/c1-2-26-16-11-9-15(10-12-16)19(23)14-27-21(25)17-6-3-4-7-18(17)22-13-5-8-20(22)24/h3-4,6-7,9-12H,2,5,8,13-14H2,1H3. The van der Waals surface area contributed by atoms with E-state index in [1.54, 1.807) is 53.4 Å². The lowest BCUT2D eigenvalue weighted by Crippen LogP contribution is -2.26. The third-order valence-electron chi connectivity index (χ3n) is 4.31. The number of hydrogen-bond acceptors (Lipinski definition) is 5.